The molecule has 228 valence electrons. The number of hydrogen-bond acceptors (Lipinski definition) is 8. The lowest BCUT2D eigenvalue weighted by molar-refractivity contribution is -0.137. The fourth-order valence-electron chi connectivity index (χ4n) is 6.15. The van der Waals surface area contributed by atoms with Crippen molar-refractivity contribution >= 4 is 34.8 Å². The molecule has 0 aromatic carbocycles. The van der Waals surface area contributed by atoms with Crippen LogP contribution in [0, 0.1) is 0 Å². The molecular formula is C34H36N4O6. The number of carbonyl (C=O) groups is 2. The molecule has 44 heavy (non-hydrogen) atoms. The molecule has 0 spiro atoms. The van der Waals surface area contributed by atoms with Gasteiger partial charge in [-0.15, -0.1) is 0 Å². The third kappa shape index (κ3) is 5.70. The van der Waals surface area contributed by atoms with Crippen molar-refractivity contribution < 1.29 is 30.0 Å². The van der Waals surface area contributed by atoms with Gasteiger partial charge in [0.05, 0.1) is 57.8 Å². The number of aliphatic carboxylic acids is 2. The first-order valence-electron chi connectivity index (χ1n) is 14.6. The number of aliphatic imine (C=N–C) groups is 4. The smallest absolute Gasteiger partial charge is 0.303 e. The molecule has 5 aliphatic rings. The third-order valence-corrected chi connectivity index (χ3v) is 8.49. The number of rotatable bonds is 8. The molecule has 5 aliphatic heterocycles. The van der Waals surface area contributed by atoms with Gasteiger partial charge in [-0.1, -0.05) is 0 Å². The summed E-state index contributed by atoms with van der Waals surface area (Å²) in [6.07, 6.45) is 5.93. The second-order valence-corrected chi connectivity index (χ2v) is 11.5. The van der Waals surface area contributed by atoms with Crippen LogP contribution in [-0.2, 0) is 9.59 Å². The molecule has 0 saturated heterocycles. The third-order valence-electron chi connectivity index (χ3n) is 8.49. The zero-order valence-corrected chi connectivity index (χ0v) is 25.7. The first-order chi connectivity index (χ1) is 20.8. The highest BCUT2D eigenvalue weighted by molar-refractivity contribution is 6.20. The fourth-order valence-corrected chi connectivity index (χ4v) is 6.15. The van der Waals surface area contributed by atoms with Gasteiger partial charge >= 0.3 is 11.9 Å². The van der Waals surface area contributed by atoms with E-state index in [-0.39, 0.29) is 25.7 Å². The molecule has 0 fully saturated rings. The molecule has 8 bridgehead atoms. The quantitative estimate of drug-likeness (QED) is 0.304. The van der Waals surface area contributed by atoms with Crippen molar-refractivity contribution in [2.75, 3.05) is 0 Å². The van der Waals surface area contributed by atoms with Gasteiger partial charge in [0.1, 0.15) is 0 Å². The Labute approximate surface area is 255 Å². The van der Waals surface area contributed by atoms with Crippen molar-refractivity contribution in [3.8, 4) is 0 Å². The standard InChI is InChI=1S/C34H36N4O6/c1-15-21(7-9-31(41)42)27-14-28-22(8-10-32(43)44)16(2)24(36-28)12-29-34(20(6)40)18(4)26(38-29)13-30-33(19(5)39)17(3)25(37-30)11-23(15)35-27/h11-14,19-20,39-40H,7-10H2,1-6H3,(H,41,42)(H,43,44). The van der Waals surface area contributed by atoms with E-state index in [4.69, 9.17) is 20.0 Å². The Morgan fingerprint density at radius 1 is 0.568 bits per heavy atom. The van der Waals surface area contributed by atoms with Crippen molar-refractivity contribution in [2.24, 2.45) is 20.0 Å². The Balaban J connectivity index is 1.80. The molecule has 10 nitrogen and oxygen atoms in total. The molecule has 5 rings (SSSR count). The summed E-state index contributed by atoms with van der Waals surface area (Å²) in [6, 6.07) is 0. The number of hydrogen-bond donors (Lipinski definition) is 4. The van der Waals surface area contributed by atoms with Crippen molar-refractivity contribution in [3.05, 3.63) is 91.7 Å². The second kappa shape index (κ2) is 11.9. The van der Waals surface area contributed by atoms with E-state index in [0.29, 0.717) is 56.8 Å². The van der Waals surface area contributed by atoms with Crippen molar-refractivity contribution in [3.63, 3.8) is 0 Å². The molecule has 4 N–H and O–H groups in total. The van der Waals surface area contributed by atoms with Crippen molar-refractivity contribution in [1.82, 2.24) is 0 Å². The summed E-state index contributed by atoms with van der Waals surface area (Å²) in [6.45, 7) is 10.9. The average Bonchev–Trinajstić information content (AvgIpc) is 3.59. The van der Waals surface area contributed by atoms with Gasteiger partial charge < -0.3 is 20.4 Å². The summed E-state index contributed by atoms with van der Waals surface area (Å²) < 4.78 is 0. The summed E-state index contributed by atoms with van der Waals surface area (Å²) in [4.78, 5) is 42.6. The molecule has 0 aromatic rings. The molecule has 0 radical (unpaired) electrons. The first-order valence-corrected chi connectivity index (χ1v) is 14.6. The largest absolute Gasteiger partial charge is 0.481 e. The van der Waals surface area contributed by atoms with E-state index >= 15 is 0 Å². The minimum absolute atomic E-state index is 0.0869. The predicted molar refractivity (Wildman–Crippen MR) is 170 cm³/mol. The summed E-state index contributed by atoms with van der Waals surface area (Å²) in [5.41, 5.74) is 10.6. The van der Waals surface area contributed by atoms with Gasteiger partial charge in [0.15, 0.2) is 0 Å². The maximum Gasteiger partial charge on any atom is 0.303 e. The number of carboxylic acids is 2. The lowest BCUT2D eigenvalue weighted by Crippen LogP contribution is -2.09. The molecule has 2 unspecified atom stereocenters. The highest BCUT2D eigenvalue weighted by Crippen LogP contribution is 2.38. The SMILES string of the molecule is CC1=C(CCC(=O)O)C2=CC3=NC(=CC4=NC(=CC5=NC(=CC1=N2)C(C(C)O)=C5C)C(C(C)O)=C4C)C(C)=C3CCC(=O)O. The number of nitrogens with zero attached hydrogens (tertiary/aromatic N) is 4. The molecular weight excluding hydrogens is 560 g/mol. The van der Waals surface area contributed by atoms with E-state index in [2.05, 4.69) is 0 Å². The summed E-state index contributed by atoms with van der Waals surface area (Å²) in [5.74, 6) is -1.86. The minimum atomic E-state index is -0.931. The van der Waals surface area contributed by atoms with Crippen LogP contribution in [-0.4, -0.2) is 67.4 Å². The summed E-state index contributed by atoms with van der Waals surface area (Å²) >= 11 is 0. The van der Waals surface area contributed by atoms with Crippen molar-refractivity contribution in [1.29, 1.82) is 0 Å². The monoisotopic (exact) mass is 596 g/mol. The van der Waals surface area contributed by atoms with Crippen LogP contribution in [0.15, 0.2) is 112 Å². The zero-order valence-electron chi connectivity index (χ0n) is 25.7. The minimum Gasteiger partial charge on any atom is -0.481 e. The Kier molecular flexibility index (Phi) is 8.33. The molecule has 10 heteroatoms. The highest BCUT2D eigenvalue weighted by Gasteiger charge is 2.31. The van der Waals surface area contributed by atoms with Crippen LogP contribution in [0.4, 0.5) is 0 Å². The lowest BCUT2D eigenvalue weighted by atomic mass is 9.95. The van der Waals surface area contributed by atoms with Crippen LogP contribution in [0.3, 0.4) is 0 Å². The molecule has 0 aromatic heterocycles. The average molecular weight is 597 g/mol. The second-order valence-electron chi connectivity index (χ2n) is 11.5. The number of aliphatic hydroxyl groups is 2. The summed E-state index contributed by atoms with van der Waals surface area (Å²) in [5, 5.41) is 40.4. The molecule has 0 amide bonds. The number of carboxylic acid groups (broad SMARTS) is 2. The topological polar surface area (TPSA) is 164 Å². The van der Waals surface area contributed by atoms with E-state index in [1.54, 1.807) is 26.0 Å². The van der Waals surface area contributed by atoms with Crippen LogP contribution in [0.2, 0.25) is 0 Å². The summed E-state index contributed by atoms with van der Waals surface area (Å²) in [7, 11) is 0. The van der Waals surface area contributed by atoms with Gasteiger partial charge in [-0.3, -0.25) is 9.59 Å². The van der Waals surface area contributed by atoms with Gasteiger partial charge in [-0.25, -0.2) is 20.0 Å². The Hall–Kier alpha value is -4.54. The Morgan fingerprint density at radius 2 is 0.955 bits per heavy atom. The first kappa shape index (κ1) is 30.9. The normalized spacial score (nSPS) is 21.1. The van der Waals surface area contributed by atoms with Crippen molar-refractivity contribution in [2.45, 2.75) is 79.4 Å². The molecule has 0 aliphatic carbocycles. The number of aliphatic hydroxyl groups excluding tert-OH is 2. The number of fused-ring (bicyclic) bond motifs is 4. The fraction of sp³-hybridized carbons (Fsp3) is 0.353. The lowest BCUT2D eigenvalue weighted by Gasteiger charge is -2.10. The van der Waals surface area contributed by atoms with Gasteiger partial charge in [0.2, 0.25) is 0 Å². The zero-order chi connectivity index (χ0) is 32.0. The van der Waals surface area contributed by atoms with Crippen LogP contribution in [0.5, 0.6) is 0 Å². The number of allylic oxidation sites excluding steroid dienone is 10. The van der Waals surface area contributed by atoms with E-state index in [0.717, 1.165) is 33.4 Å². The van der Waals surface area contributed by atoms with Crippen LogP contribution >= 0.6 is 0 Å². The van der Waals surface area contributed by atoms with Crippen LogP contribution in [0.25, 0.3) is 0 Å². The van der Waals surface area contributed by atoms with E-state index in [9.17, 15) is 30.0 Å². The predicted octanol–water partition coefficient (Wildman–Crippen LogP) is 5.11. The van der Waals surface area contributed by atoms with E-state index in [1.807, 2.05) is 39.8 Å². The maximum absolute atomic E-state index is 11.5. The molecule has 5 heterocycles. The van der Waals surface area contributed by atoms with Gasteiger partial charge in [0.25, 0.3) is 0 Å². The van der Waals surface area contributed by atoms with Crippen LogP contribution < -0.4 is 0 Å². The van der Waals surface area contributed by atoms with Gasteiger partial charge in [-0.2, -0.15) is 0 Å². The maximum atomic E-state index is 11.5. The van der Waals surface area contributed by atoms with Gasteiger partial charge in [0, 0.05) is 24.0 Å². The van der Waals surface area contributed by atoms with E-state index in [1.165, 1.54) is 0 Å². The van der Waals surface area contributed by atoms with Crippen LogP contribution in [0.1, 0.15) is 67.2 Å². The Bertz CT molecular complexity index is 1780. The highest BCUT2D eigenvalue weighted by atomic mass is 16.4. The molecule has 2 atom stereocenters. The Morgan fingerprint density at radius 3 is 1.43 bits per heavy atom. The van der Waals surface area contributed by atoms with E-state index < -0.39 is 24.1 Å². The van der Waals surface area contributed by atoms with Gasteiger partial charge in [-0.05, 0) is 112 Å². The molecule has 0 saturated carbocycles.